The molecule has 0 atom stereocenters. The number of alkyl halides is 3. The van der Waals surface area contributed by atoms with Crippen molar-refractivity contribution in [2.45, 2.75) is 122 Å². The Morgan fingerprint density at radius 2 is 0.983 bits per heavy atom. The molecule has 1 aliphatic rings. The predicted molar refractivity (Wildman–Crippen MR) is 226 cm³/mol. The summed E-state index contributed by atoms with van der Waals surface area (Å²) in [5, 5.41) is 19.8. The lowest BCUT2D eigenvalue weighted by atomic mass is 9.68. The van der Waals surface area contributed by atoms with E-state index in [1.165, 1.54) is 30.4 Å². The molecule has 0 unspecified atom stereocenters. The van der Waals surface area contributed by atoms with Crippen molar-refractivity contribution in [1.29, 1.82) is 0 Å². The molecule has 1 fully saturated rings. The van der Waals surface area contributed by atoms with Gasteiger partial charge in [-0.25, -0.2) is 0 Å². The predicted octanol–water partition coefficient (Wildman–Crippen LogP) is 10.2. The highest BCUT2D eigenvalue weighted by Crippen LogP contribution is 2.45. The number of hydrogen-bond acceptors (Lipinski definition) is 9. The monoisotopic (exact) mass is 842 g/mol. The van der Waals surface area contributed by atoms with Crippen molar-refractivity contribution < 1.29 is 54.8 Å². The van der Waals surface area contributed by atoms with Crippen LogP contribution in [0, 0.1) is 13.8 Å². The molecule has 0 radical (unpaired) electrons. The van der Waals surface area contributed by atoms with E-state index in [-0.39, 0.29) is 16.9 Å². The van der Waals surface area contributed by atoms with Gasteiger partial charge in [-0.05, 0) is 131 Å². The van der Waals surface area contributed by atoms with Crippen LogP contribution in [0.15, 0.2) is 72.8 Å². The smallest absolute Gasteiger partial charge is 0.508 e. The van der Waals surface area contributed by atoms with Gasteiger partial charge in [-0.1, -0.05) is 70.2 Å². The molecule has 0 saturated carbocycles. The maximum absolute atomic E-state index is 12.7. The number of aryl methyl sites for hydroxylation is 2. The van der Waals surface area contributed by atoms with E-state index in [1.54, 1.807) is 32.2 Å². The Kier molecular flexibility index (Phi) is 14.2. The van der Waals surface area contributed by atoms with E-state index in [9.17, 15) is 31.8 Å². The number of ether oxygens (including phenoxy) is 2. The number of benzene rings is 4. The summed E-state index contributed by atoms with van der Waals surface area (Å²) >= 11 is 0. The molecule has 1 heterocycles. The normalized spacial score (nSPS) is 15.3. The molecular formula is C45H58BF3O9S. The van der Waals surface area contributed by atoms with Gasteiger partial charge in [0.2, 0.25) is 0 Å². The van der Waals surface area contributed by atoms with E-state index in [4.69, 9.17) is 18.8 Å². The third-order valence-electron chi connectivity index (χ3n) is 12.4. The number of methoxy groups -OCH3 is 2. The Morgan fingerprint density at radius 3 is 1.36 bits per heavy atom. The second-order valence-electron chi connectivity index (χ2n) is 16.0. The molecule has 4 aromatic rings. The summed E-state index contributed by atoms with van der Waals surface area (Å²) in [6.07, 6.45) is 3.18. The van der Waals surface area contributed by atoms with Crippen LogP contribution in [0.5, 0.6) is 28.7 Å². The third-order valence-corrected chi connectivity index (χ3v) is 13.4. The van der Waals surface area contributed by atoms with E-state index in [1.807, 2.05) is 32.9 Å². The lowest BCUT2D eigenvalue weighted by molar-refractivity contribution is -0.0500. The van der Waals surface area contributed by atoms with Crippen molar-refractivity contribution in [1.82, 2.24) is 0 Å². The number of phenols is 2. The number of halogens is 3. The van der Waals surface area contributed by atoms with Crippen LogP contribution in [0.25, 0.3) is 0 Å². The molecule has 5 rings (SSSR count). The van der Waals surface area contributed by atoms with Crippen molar-refractivity contribution in [2.24, 2.45) is 0 Å². The van der Waals surface area contributed by atoms with Gasteiger partial charge in [0.25, 0.3) is 0 Å². The zero-order valence-corrected chi connectivity index (χ0v) is 36.9. The second-order valence-corrected chi connectivity index (χ2v) is 17.5. The van der Waals surface area contributed by atoms with Gasteiger partial charge in [-0.3, -0.25) is 0 Å². The van der Waals surface area contributed by atoms with Crippen molar-refractivity contribution in [2.75, 3.05) is 14.2 Å². The van der Waals surface area contributed by atoms with Crippen LogP contribution in [0.1, 0.15) is 114 Å². The van der Waals surface area contributed by atoms with E-state index in [0.717, 1.165) is 46.8 Å². The third kappa shape index (κ3) is 9.19. The highest BCUT2D eigenvalue weighted by atomic mass is 32.2. The highest BCUT2D eigenvalue weighted by Gasteiger charge is 2.53. The van der Waals surface area contributed by atoms with Gasteiger partial charge in [0.05, 0.1) is 25.4 Å². The Labute approximate surface area is 348 Å². The first-order chi connectivity index (χ1) is 27.4. The molecule has 14 heteroatoms. The standard InChI is InChI=1S/C25H35BO4.C20H23F3O5S/c1-9-25(10-2,18-12-14-21(27)17(3)15-18)19-11-13-20(22(16-19)28-8)26-29-23(4,5)24(6,7)30-26;1-5-19(6-2,14-7-9-16(24)13(3)11-14)15-8-10-17(18(12-15)27-4)28-29(25,26)20(21,22)23/h11-16,27H,9-10H2,1-8H3;7-12,24H,5-6H2,1-4H3. The van der Waals surface area contributed by atoms with Crippen molar-refractivity contribution in [3.8, 4) is 28.7 Å². The molecule has 9 nitrogen and oxygen atoms in total. The fraction of sp³-hybridized carbons (Fsp3) is 0.467. The molecule has 59 heavy (non-hydrogen) atoms. The molecular weight excluding hydrogens is 784 g/mol. The lowest BCUT2D eigenvalue weighted by Gasteiger charge is -2.34. The van der Waals surface area contributed by atoms with Crippen LogP contribution < -0.4 is 19.1 Å². The molecule has 0 aliphatic carbocycles. The molecule has 0 amide bonds. The quantitative estimate of drug-likeness (QED) is 0.0770. The van der Waals surface area contributed by atoms with Crippen molar-refractivity contribution in [3.63, 3.8) is 0 Å². The Morgan fingerprint density at radius 1 is 0.610 bits per heavy atom. The minimum absolute atomic E-state index is 0.128. The molecule has 2 N–H and O–H groups in total. The van der Waals surface area contributed by atoms with E-state index in [2.05, 4.69) is 70.0 Å². The van der Waals surface area contributed by atoms with Crippen LogP contribution in [-0.4, -0.2) is 56.7 Å². The first-order valence-electron chi connectivity index (χ1n) is 19.8. The summed E-state index contributed by atoms with van der Waals surface area (Å²) in [6, 6.07) is 21.7. The van der Waals surface area contributed by atoms with Gasteiger partial charge in [0.15, 0.2) is 11.5 Å². The highest BCUT2D eigenvalue weighted by molar-refractivity contribution is 7.88. The summed E-state index contributed by atoms with van der Waals surface area (Å²) in [5.41, 5.74) is -0.521. The largest absolute Gasteiger partial charge is 0.534 e. The fourth-order valence-electron chi connectivity index (χ4n) is 7.75. The number of phenolic OH excluding ortho intramolecular Hbond substituents is 2. The Balaban J connectivity index is 0.000000261. The lowest BCUT2D eigenvalue weighted by Crippen LogP contribution is -2.41. The van der Waals surface area contributed by atoms with Crippen LogP contribution in [-0.2, 0) is 30.3 Å². The number of hydrogen-bond donors (Lipinski definition) is 2. The fourth-order valence-corrected chi connectivity index (χ4v) is 8.21. The molecule has 4 aromatic carbocycles. The average molecular weight is 843 g/mol. The molecule has 322 valence electrons. The van der Waals surface area contributed by atoms with Gasteiger partial charge < -0.3 is 33.2 Å². The summed E-state index contributed by atoms with van der Waals surface area (Å²) in [7, 11) is -3.37. The minimum Gasteiger partial charge on any atom is -0.508 e. The van der Waals surface area contributed by atoms with Gasteiger partial charge in [-0.2, -0.15) is 21.6 Å². The van der Waals surface area contributed by atoms with Gasteiger partial charge in [0, 0.05) is 16.3 Å². The SMILES string of the molecule is CCC(CC)(c1ccc(O)c(C)c1)c1ccc(B2OC(C)(C)C(C)(C)O2)c(OC)c1.CCC(CC)(c1ccc(O)c(C)c1)c1ccc(OS(=O)(=O)C(F)(F)F)c(OC)c1. The first-order valence-corrected chi connectivity index (χ1v) is 21.2. The summed E-state index contributed by atoms with van der Waals surface area (Å²) in [5.74, 6) is 0.587. The van der Waals surface area contributed by atoms with Crippen LogP contribution in [0.2, 0.25) is 0 Å². The van der Waals surface area contributed by atoms with E-state index in [0.29, 0.717) is 24.2 Å². The molecule has 0 spiro atoms. The van der Waals surface area contributed by atoms with E-state index < -0.39 is 45.1 Å². The summed E-state index contributed by atoms with van der Waals surface area (Å²) in [6.45, 7) is 20.3. The maximum Gasteiger partial charge on any atom is 0.534 e. The zero-order chi connectivity index (χ0) is 44.4. The summed E-state index contributed by atoms with van der Waals surface area (Å²) < 4.78 is 88.3. The maximum atomic E-state index is 12.7. The molecule has 0 aromatic heterocycles. The topological polar surface area (TPSA) is 121 Å². The van der Waals surface area contributed by atoms with Crippen LogP contribution >= 0.6 is 0 Å². The molecule has 0 bridgehead atoms. The van der Waals surface area contributed by atoms with Crippen molar-refractivity contribution in [3.05, 3.63) is 106 Å². The first kappa shape index (κ1) is 47.3. The van der Waals surface area contributed by atoms with Gasteiger partial charge in [-0.15, -0.1) is 0 Å². The number of rotatable bonds is 13. The second kappa shape index (κ2) is 17.7. The average Bonchev–Trinajstić information content (AvgIpc) is 3.41. The molecule has 1 saturated heterocycles. The van der Waals surface area contributed by atoms with Gasteiger partial charge in [0.1, 0.15) is 17.2 Å². The van der Waals surface area contributed by atoms with Gasteiger partial charge >= 0.3 is 22.7 Å². The number of aromatic hydroxyl groups is 2. The zero-order valence-electron chi connectivity index (χ0n) is 36.1. The molecule has 1 aliphatic heterocycles. The van der Waals surface area contributed by atoms with Crippen LogP contribution in [0.4, 0.5) is 13.2 Å². The van der Waals surface area contributed by atoms with E-state index >= 15 is 0 Å². The summed E-state index contributed by atoms with van der Waals surface area (Å²) in [4.78, 5) is 0. The van der Waals surface area contributed by atoms with Crippen molar-refractivity contribution >= 4 is 22.7 Å². The Hall–Kier alpha value is -4.40. The Bertz CT molecular complexity index is 2200. The van der Waals surface area contributed by atoms with Crippen LogP contribution in [0.3, 0.4) is 0 Å². The minimum atomic E-state index is -5.81.